The molecule has 3 fully saturated rings. The zero-order valence-corrected chi connectivity index (χ0v) is 20.5. The third kappa shape index (κ3) is 3.49. The lowest BCUT2D eigenvalue weighted by molar-refractivity contribution is -0.117. The molecular formula is C28H36O3S. The van der Waals surface area contributed by atoms with E-state index in [0.29, 0.717) is 23.4 Å². The summed E-state index contributed by atoms with van der Waals surface area (Å²) in [5.41, 5.74) is 3.22. The van der Waals surface area contributed by atoms with Crippen LogP contribution in [-0.2, 0) is 20.7 Å². The SMILES string of the molecule is COC(C[S+]([O-])c1ccccc1)=C1CC[C@H]2[C@@H]3CCC4=CC(=O)CC[C@]4(C)[C@H]3CC[C@]12C. The zero-order chi connectivity index (χ0) is 22.5. The Morgan fingerprint density at radius 3 is 2.53 bits per heavy atom. The van der Waals surface area contributed by atoms with Gasteiger partial charge in [0.25, 0.3) is 0 Å². The van der Waals surface area contributed by atoms with E-state index in [1.165, 1.54) is 36.8 Å². The Bertz CT molecular complexity index is 951. The number of ether oxygens (including phenoxy) is 1. The van der Waals surface area contributed by atoms with Crippen molar-refractivity contribution in [3.8, 4) is 0 Å². The van der Waals surface area contributed by atoms with Crippen molar-refractivity contribution in [1.82, 2.24) is 0 Å². The van der Waals surface area contributed by atoms with Crippen molar-refractivity contribution in [3.05, 3.63) is 53.3 Å². The van der Waals surface area contributed by atoms with Crippen molar-refractivity contribution in [2.75, 3.05) is 12.9 Å². The Kier molecular flexibility index (Phi) is 5.82. The maximum Gasteiger partial charge on any atom is 0.167 e. The summed E-state index contributed by atoms with van der Waals surface area (Å²) in [6.45, 7) is 4.90. The number of fused-ring (bicyclic) bond motifs is 5. The number of carbonyl (C=O) groups excluding carboxylic acids is 1. The van der Waals surface area contributed by atoms with Crippen molar-refractivity contribution >= 4 is 17.0 Å². The van der Waals surface area contributed by atoms with Crippen LogP contribution in [0.5, 0.6) is 0 Å². The minimum Gasteiger partial charge on any atom is -0.611 e. The molecule has 0 aliphatic heterocycles. The van der Waals surface area contributed by atoms with Crippen LogP contribution < -0.4 is 0 Å². The fourth-order valence-corrected chi connectivity index (χ4v) is 9.03. The standard InChI is InChI=1S/C28H36O3S/c1-27-15-13-20(29)17-19(27)9-10-22-23-11-12-25(28(23,2)16-14-24(22)27)26(31-3)18-32(30)21-7-5-4-6-8-21/h4-8,17,22-24H,9-16,18H2,1-3H3/t22-,23-,24-,27-,28-,32?/m0/s1. The summed E-state index contributed by atoms with van der Waals surface area (Å²) in [7, 11) is 1.75. The first-order valence-electron chi connectivity index (χ1n) is 12.3. The predicted octanol–water partition coefficient (Wildman–Crippen LogP) is 6.23. The van der Waals surface area contributed by atoms with E-state index in [0.717, 1.165) is 42.3 Å². The molecule has 0 spiro atoms. The fraction of sp³-hybridized carbons (Fsp3) is 0.607. The van der Waals surface area contributed by atoms with E-state index in [-0.39, 0.29) is 10.8 Å². The summed E-state index contributed by atoms with van der Waals surface area (Å²) < 4.78 is 19.0. The molecule has 0 radical (unpaired) electrons. The fourth-order valence-electron chi connectivity index (χ4n) is 7.87. The quantitative estimate of drug-likeness (QED) is 0.402. The van der Waals surface area contributed by atoms with Crippen LogP contribution in [0.25, 0.3) is 0 Å². The van der Waals surface area contributed by atoms with Crippen molar-refractivity contribution in [2.24, 2.45) is 28.6 Å². The van der Waals surface area contributed by atoms with Gasteiger partial charge in [-0.1, -0.05) is 37.6 Å². The minimum absolute atomic E-state index is 0.148. The lowest BCUT2D eigenvalue weighted by Crippen LogP contribution is -2.49. The molecule has 0 N–H and O–H groups in total. The molecule has 0 saturated heterocycles. The molecule has 1 aromatic rings. The molecule has 5 rings (SSSR count). The molecular weight excluding hydrogens is 416 g/mol. The molecule has 4 aliphatic carbocycles. The maximum absolute atomic E-state index is 13.1. The van der Waals surface area contributed by atoms with Crippen LogP contribution in [-0.4, -0.2) is 23.2 Å². The largest absolute Gasteiger partial charge is 0.611 e. The van der Waals surface area contributed by atoms with Crippen LogP contribution in [0.4, 0.5) is 0 Å². The molecule has 0 aromatic heterocycles. The van der Waals surface area contributed by atoms with Gasteiger partial charge in [-0.25, -0.2) is 0 Å². The van der Waals surface area contributed by atoms with Gasteiger partial charge in [0.15, 0.2) is 16.4 Å². The van der Waals surface area contributed by atoms with Gasteiger partial charge in [0, 0.05) is 6.42 Å². The average molecular weight is 453 g/mol. The third-order valence-electron chi connectivity index (χ3n) is 9.60. The number of rotatable bonds is 4. The van der Waals surface area contributed by atoms with Gasteiger partial charge >= 0.3 is 0 Å². The van der Waals surface area contributed by atoms with E-state index < -0.39 is 11.2 Å². The second-order valence-electron chi connectivity index (χ2n) is 10.9. The van der Waals surface area contributed by atoms with Crippen LogP contribution in [0.3, 0.4) is 0 Å². The van der Waals surface area contributed by atoms with E-state index in [1.54, 1.807) is 7.11 Å². The highest BCUT2D eigenvalue weighted by molar-refractivity contribution is 7.91. The number of methoxy groups -OCH3 is 1. The summed E-state index contributed by atoms with van der Waals surface area (Å²) in [5, 5.41) is 0. The monoisotopic (exact) mass is 452 g/mol. The van der Waals surface area contributed by atoms with Gasteiger partial charge in [-0.15, -0.1) is 0 Å². The van der Waals surface area contributed by atoms with Gasteiger partial charge < -0.3 is 9.29 Å². The van der Waals surface area contributed by atoms with Crippen LogP contribution in [0.1, 0.15) is 65.2 Å². The van der Waals surface area contributed by atoms with Crippen molar-refractivity contribution < 1.29 is 14.1 Å². The van der Waals surface area contributed by atoms with Gasteiger partial charge in [-0.05, 0) is 108 Å². The molecule has 32 heavy (non-hydrogen) atoms. The Labute approximate surface area is 195 Å². The molecule has 1 unspecified atom stereocenters. The molecule has 4 aliphatic rings. The molecule has 0 heterocycles. The summed E-state index contributed by atoms with van der Waals surface area (Å²) in [5.74, 6) is 3.85. The first-order chi connectivity index (χ1) is 15.4. The van der Waals surface area contributed by atoms with E-state index >= 15 is 0 Å². The second kappa shape index (κ2) is 8.36. The highest BCUT2D eigenvalue weighted by Crippen LogP contribution is 2.66. The summed E-state index contributed by atoms with van der Waals surface area (Å²) >= 11 is -1.09. The van der Waals surface area contributed by atoms with E-state index in [1.807, 2.05) is 36.4 Å². The van der Waals surface area contributed by atoms with Gasteiger partial charge in [0.2, 0.25) is 0 Å². The number of hydrogen-bond acceptors (Lipinski definition) is 3. The molecule has 1 aromatic carbocycles. The smallest absolute Gasteiger partial charge is 0.167 e. The van der Waals surface area contributed by atoms with Crippen molar-refractivity contribution in [1.29, 1.82) is 0 Å². The van der Waals surface area contributed by atoms with Gasteiger partial charge in [-0.2, -0.15) is 0 Å². The number of benzene rings is 1. The molecule has 172 valence electrons. The van der Waals surface area contributed by atoms with E-state index in [9.17, 15) is 9.35 Å². The Balaban J connectivity index is 1.42. The highest BCUT2D eigenvalue weighted by Gasteiger charge is 2.58. The Hall–Kier alpha value is -1.52. The Morgan fingerprint density at radius 1 is 1.03 bits per heavy atom. The lowest BCUT2D eigenvalue weighted by atomic mass is 9.47. The summed E-state index contributed by atoms with van der Waals surface area (Å²) in [4.78, 5) is 12.9. The van der Waals surface area contributed by atoms with E-state index in [2.05, 4.69) is 13.8 Å². The second-order valence-corrected chi connectivity index (χ2v) is 12.3. The van der Waals surface area contributed by atoms with Gasteiger partial charge in [-0.3, -0.25) is 4.79 Å². The summed E-state index contributed by atoms with van der Waals surface area (Å²) in [6, 6.07) is 9.76. The average Bonchev–Trinajstić information content (AvgIpc) is 3.15. The first kappa shape index (κ1) is 22.3. The molecule has 3 saturated carbocycles. The predicted molar refractivity (Wildman–Crippen MR) is 128 cm³/mol. The van der Waals surface area contributed by atoms with Crippen molar-refractivity contribution in [3.63, 3.8) is 0 Å². The van der Waals surface area contributed by atoms with Crippen LogP contribution >= 0.6 is 0 Å². The molecule has 4 heteroatoms. The molecule has 3 nitrogen and oxygen atoms in total. The molecule has 0 bridgehead atoms. The highest BCUT2D eigenvalue weighted by atomic mass is 32.2. The first-order valence-corrected chi connectivity index (χ1v) is 13.6. The molecule has 0 amide bonds. The zero-order valence-electron chi connectivity index (χ0n) is 19.7. The van der Waals surface area contributed by atoms with Crippen LogP contribution in [0, 0.1) is 28.6 Å². The maximum atomic E-state index is 13.1. The third-order valence-corrected chi connectivity index (χ3v) is 10.9. The Morgan fingerprint density at radius 2 is 1.78 bits per heavy atom. The molecule has 6 atom stereocenters. The van der Waals surface area contributed by atoms with Crippen LogP contribution in [0.15, 0.2) is 58.2 Å². The van der Waals surface area contributed by atoms with Gasteiger partial charge in [0.05, 0.1) is 7.11 Å². The topological polar surface area (TPSA) is 49.4 Å². The normalized spacial score (nSPS) is 38.8. The number of carbonyl (C=O) groups is 1. The number of hydrogen-bond donors (Lipinski definition) is 0. The van der Waals surface area contributed by atoms with Crippen LogP contribution in [0.2, 0.25) is 0 Å². The minimum atomic E-state index is -1.09. The number of ketones is 1. The number of allylic oxidation sites excluding steroid dienone is 2. The lowest BCUT2D eigenvalue weighted by Gasteiger charge is -2.57. The van der Waals surface area contributed by atoms with Crippen molar-refractivity contribution in [2.45, 2.75) is 70.1 Å². The van der Waals surface area contributed by atoms with Gasteiger partial charge in [0.1, 0.15) is 5.76 Å². The summed E-state index contributed by atoms with van der Waals surface area (Å²) in [6.07, 6.45) is 10.7. The van der Waals surface area contributed by atoms with E-state index in [4.69, 9.17) is 4.74 Å².